The molecule has 33 heavy (non-hydrogen) atoms. The summed E-state index contributed by atoms with van der Waals surface area (Å²) in [5.41, 5.74) is 2.83. The monoisotopic (exact) mass is 445 g/mol. The van der Waals surface area contributed by atoms with Crippen LogP contribution in [-0.4, -0.2) is 41.5 Å². The second kappa shape index (κ2) is 9.44. The molecule has 1 atom stereocenters. The van der Waals surface area contributed by atoms with E-state index in [9.17, 15) is 14.9 Å². The number of para-hydroxylation sites is 1. The zero-order valence-electron chi connectivity index (χ0n) is 18.2. The van der Waals surface area contributed by atoms with E-state index in [0.29, 0.717) is 5.75 Å². The highest BCUT2D eigenvalue weighted by molar-refractivity contribution is 5.85. The maximum absolute atomic E-state index is 13.1. The number of H-pyrrole nitrogens is 1. The number of ether oxygens (including phenoxy) is 2. The Labute approximate surface area is 190 Å². The lowest BCUT2D eigenvalue weighted by Crippen LogP contribution is -2.35. The first-order chi connectivity index (χ1) is 16.0. The van der Waals surface area contributed by atoms with E-state index in [2.05, 4.69) is 4.98 Å². The van der Waals surface area contributed by atoms with Crippen molar-refractivity contribution in [2.24, 2.45) is 0 Å². The Morgan fingerprint density at radius 3 is 2.36 bits per heavy atom. The van der Waals surface area contributed by atoms with Crippen LogP contribution in [0.2, 0.25) is 0 Å². The van der Waals surface area contributed by atoms with Crippen molar-refractivity contribution in [3.63, 3.8) is 0 Å². The van der Waals surface area contributed by atoms with Gasteiger partial charge in [0.2, 0.25) is 0 Å². The number of aromatic amines is 1. The van der Waals surface area contributed by atoms with Crippen molar-refractivity contribution in [1.29, 1.82) is 0 Å². The number of hydrogen-bond acceptors (Lipinski definition) is 5. The van der Waals surface area contributed by atoms with Crippen molar-refractivity contribution in [1.82, 2.24) is 9.88 Å². The van der Waals surface area contributed by atoms with Crippen molar-refractivity contribution >= 4 is 22.5 Å². The normalized spacial score (nSPS) is 11.7. The number of likely N-dealkylation sites (N-methyl/N-ethyl adjacent to an activating group) is 1. The molecule has 0 saturated heterocycles. The Morgan fingerprint density at radius 1 is 1.03 bits per heavy atom. The van der Waals surface area contributed by atoms with Gasteiger partial charge < -0.3 is 19.4 Å². The molecule has 1 amide bonds. The molecule has 4 rings (SSSR count). The summed E-state index contributed by atoms with van der Waals surface area (Å²) in [4.78, 5) is 28.4. The van der Waals surface area contributed by atoms with Crippen molar-refractivity contribution in [3.05, 3.63) is 100 Å². The minimum atomic E-state index is -0.483. The number of benzene rings is 3. The lowest BCUT2D eigenvalue weighted by Gasteiger charge is -2.29. The van der Waals surface area contributed by atoms with Crippen LogP contribution in [0.1, 0.15) is 17.2 Å². The number of carbonyl (C=O) groups excluding carboxylic acids is 1. The molecule has 0 aliphatic heterocycles. The van der Waals surface area contributed by atoms with Gasteiger partial charge in [-0.3, -0.25) is 14.9 Å². The van der Waals surface area contributed by atoms with E-state index in [1.165, 1.54) is 24.3 Å². The molecule has 168 valence electrons. The molecule has 0 fully saturated rings. The molecule has 0 aliphatic rings. The number of carbonyl (C=O) groups is 1. The lowest BCUT2D eigenvalue weighted by atomic mass is 9.96. The van der Waals surface area contributed by atoms with Gasteiger partial charge in [0.05, 0.1) is 18.1 Å². The van der Waals surface area contributed by atoms with Gasteiger partial charge in [0.15, 0.2) is 6.61 Å². The molecule has 0 saturated carbocycles. The number of hydrogen-bond donors (Lipinski definition) is 1. The fourth-order valence-electron chi connectivity index (χ4n) is 3.77. The van der Waals surface area contributed by atoms with Crippen LogP contribution < -0.4 is 9.47 Å². The fraction of sp³-hybridized carbons (Fsp3) is 0.160. The van der Waals surface area contributed by atoms with Gasteiger partial charge in [0, 0.05) is 41.8 Å². The van der Waals surface area contributed by atoms with Gasteiger partial charge in [-0.15, -0.1) is 0 Å². The van der Waals surface area contributed by atoms with Gasteiger partial charge in [-0.1, -0.05) is 30.3 Å². The molecular formula is C25H23N3O5. The van der Waals surface area contributed by atoms with Gasteiger partial charge in [-0.2, -0.15) is 0 Å². The molecule has 8 nitrogen and oxygen atoms in total. The van der Waals surface area contributed by atoms with Gasteiger partial charge in [-0.05, 0) is 35.9 Å². The van der Waals surface area contributed by atoms with E-state index in [1.807, 2.05) is 54.7 Å². The summed E-state index contributed by atoms with van der Waals surface area (Å²) in [5, 5.41) is 11.8. The van der Waals surface area contributed by atoms with E-state index in [0.717, 1.165) is 27.8 Å². The number of aromatic nitrogens is 1. The largest absolute Gasteiger partial charge is 0.497 e. The SMILES string of the molecule is COc1ccc([C@@H](c2c[nH]c3ccccc23)N(C)C(=O)COc2ccc([N+](=O)[O-])cc2)cc1. The van der Waals surface area contributed by atoms with Crippen LogP contribution in [0.5, 0.6) is 11.5 Å². The first-order valence-electron chi connectivity index (χ1n) is 10.3. The number of nitro benzene ring substituents is 1. The Kier molecular flexibility index (Phi) is 6.26. The van der Waals surface area contributed by atoms with Crippen LogP contribution >= 0.6 is 0 Å². The van der Waals surface area contributed by atoms with Crippen LogP contribution in [0.4, 0.5) is 5.69 Å². The Morgan fingerprint density at radius 2 is 1.70 bits per heavy atom. The average Bonchev–Trinajstić information content (AvgIpc) is 3.27. The summed E-state index contributed by atoms with van der Waals surface area (Å²) in [7, 11) is 3.34. The first-order valence-corrected chi connectivity index (χ1v) is 10.3. The van der Waals surface area contributed by atoms with Crippen LogP contribution in [0.3, 0.4) is 0 Å². The fourth-order valence-corrected chi connectivity index (χ4v) is 3.77. The van der Waals surface area contributed by atoms with Crippen molar-refractivity contribution in [2.45, 2.75) is 6.04 Å². The predicted molar refractivity (Wildman–Crippen MR) is 124 cm³/mol. The van der Waals surface area contributed by atoms with E-state index >= 15 is 0 Å². The Balaban J connectivity index is 1.60. The van der Waals surface area contributed by atoms with Crippen molar-refractivity contribution in [2.75, 3.05) is 20.8 Å². The minimum absolute atomic E-state index is 0.0373. The Bertz CT molecular complexity index is 1270. The molecule has 3 aromatic carbocycles. The molecule has 8 heteroatoms. The molecular weight excluding hydrogens is 422 g/mol. The number of methoxy groups -OCH3 is 1. The van der Waals surface area contributed by atoms with Crippen LogP contribution in [-0.2, 0) is 4.79 Å². The quantitative estimate of drug-likeness (QED) is 0.313. The first kappa shape index (κ1) is 21.9. The highest BCUT2D eigenvalue weighted by Crippen LogP contribution is 2.34. The van der Waals surface area contributed by atoms with E-state index < -0.39 is 4.92 Å². The summed E-state index contributed by atoms with van der Waals surface area (Å²) in [5.74, 6) is 0.877. The third-order valence-corrected chi connectivity index (χ3v) is 5.54. The number of nitrogens with one attached hydrogen (secondary N) is 1. The standard InChI is InChI=1S/C25H23N3O5/c1-27(24(29)16-33-20-13-9-18(10-14-20)28(30)31)25(17-7-11-19(32-2)12-8-17)22-15-26-23-6-4-3-5-21(22)23/h3-15,25-26H,16H2,1-2H3/t25-/m0/s1. The highest BCUT2D eigenvalue weighted by atomic mass is 16.6. The molecule has 0 spiro atoms. The number of amides is 1. The summed E-state index contributed by atoms with van der Waals surface area (Å²) in [6.45, 7) is -0.205. The summed E-state index contributed by atoms with van der Waals surface area (Å²) >= 11 is 0. The molecule has 1 N–H and O–H groups in total. The Hall–Kier alpha value is -4.33. The molecule has 4 aromatic rings. The number of fused-ring (bicyclic) bond motifs is 1. The van der Waals surface area contributed by atoms with Gasteiger partial charge in [-0.25, -0.2) is 0 Å². The number of non-ortho nitro benzene ring substituents is 1. The third-order valence-electron chi connectivity index (χ3n) is 5.54. The molecule has 0 aliphatic carbocycles. The van der Waals surface area contributed by atoms with Gasteiger partial charge in [0.1, 0.15) is 11.5 Å². The second-order valence-electron chi connectivity index (χ2n) is 7.51. The number of nitro groups is 1. The van der Waals surface area contributed by atoms with Gasteiger partial charge >= 0.3 is 0 Å². The second-order valence-corrected chi connectivity index (χ2v) is 7.51. The summed E-state index contributed by atoms with van der Waals surface area (Å²) in [6.07, 6.45) is 1.92. The van der Waals surface area contributed by atoms with E-state index in [-0.39, 0.29) is 24.2 Å². The smallest absolute Gasteiger partial charge is 0.269 e. The highest BCUT2D eigenvalue weighted by Gasteiger charge is 2.26. The number of nitrogens with zero attached hydrogens (tertiary/aromatic N) is 2. The zero-order valence-corrected chi connectivity index (χ0v) is 18.2. The summed E-state index contributed by atoms with van der Waals surface area (Å²) in [6, 6.07) is 20.8. The van der Waals surface area contributed by atoms with Crippen molar-refractivity contribution < 1.29 is 19.2 Å². The lowest BCUT2D eigenvalue weighted by molar-refractivity contribution is -0.384. The maximum Gasteiger partial charge on any atom is 0.269 e. The molecule has 1 heterocycles. The minimum Gasteiger partial charge on any atom is -0.497 e. The number of rotatable bonds is 8. The van der Waals surface area contributed by atoms with Gasteiger partial charge in [0.25, 0.3) is 11.6 Å². The van der Waals surface area contributed by atoms with E-state index in [1.54, 1.807) is 19.1 Å². The summed E-state index contributed by atoms with van der Waals surface area (Å²) < 4.78 is 10.9. The third kappa shape index (κ3) is 4.64. The maximum atomic E-state index is 13.1. The van der Waals surface area contributed by atoms with E-state index in [4.69, 9.17) is 9.47 Å². The van der Waals surface area contributed by atoms with Crippen LogP contribution in [0.25, 0.3) is 10.9 Å². The van der Waals surface area contributed by atoms with Crippen molar-refractivity contribution in [3.8, 4) is 11.5 Å². The molecule has 0 radical (unpaired) electrons. The van der Waals surface area contributed by atoms with Crippen LogP contribution in [0, 0.1) is 10.1 Å². The average molecular weight is 445 g/mol. The molecule has 0 unspecified atom stereocenters. The molecule has 1 aromatic heterocycles. The topological polar surface area (TPSA) is 97.7 Å². The van der Waals surface area contributed by atoms with Crippen LogP contribution in [0.15, 0.2) is 79.0 Å². The predicted octanol–water partition coefficient (Wildman–Crippen LogP) is 4.71. The zero-order chi connectivity index (χ0) is 23.4. The molecule has 0 bridgehead atoms.